The summed E-state index contributed by atoms with van der Waals surface area (Å²) in [7, 11) is 0. The lowest BCUT2D eigenvalue weighted by atomic mass is 9.77. The van der Waals surface area contributed by atoms with Gasteiger partial charge in [-0.2, -0.15) is 0 Å². The Morgan fingerprint density at radius 3 is 1.72 bits per heavy atom. The van der Waals surface area contributed by atoms with Crippen LogP contribution in [0.15, 0.2) is 152 Å². The van der Waals surface area contributed by atoms with Crippen molar-refractivity contribution in [1.82, 2.24) is 4.57 Å². The van der Waals surface area contributed by atoms with E-state index >= 15 is 0 Å². The molecule has 0 fully saturated rings. The molecule has 198 valence electrons. The standard InChI is InChI=1S/C42H25N/c1-2-8-26(9-3-1)28-14-15-29-22-36-38(24-31(29)20-28)37-23-30-16-18-33(21-32(30)25-39(36)37)43-40-13-7-6-12-35(40)42-34-11-5-4-10-27(34)17-19-41(42)43/h1-25H. The van der Waals surface area contributed by atoms with Gasteiger partial charge in [0.25, 0.3) is 0 Å². The van der Waals surface area contributed by atoms with Gasteiger partial charge < -0.3 is 4.57 Å². The van der Waals surface area contributed by atoms with Gasteiger partial charge in [-0.25, -0.2) is 0 Å². The molecule has 8 aromatic carbocycles. The van der Waals surface area contributed by atoms with Crippen molar-refractivity contribution >= 4 is 54.1 Å². The number of rotatable bonds is 2. The molecule has 1 nitrogen and oxygen atoms in total. The number of hydrogen-bond acceptors (Lipinski definition) is 0. The van der Waals surface area contributed by atoms with Crippen molar-refractivity contribution in [3.63, 3.8) is 0 Å². The Kier molecular flexibility index (Phi) is 4.51. The van der Waals surface area contributed by atoms with Gasteiger partial charge in [-0.1, -0.05) is 97.1 Å². The molecule has 10 rings (SSSR count). The van der Waals surface area contributed by atoms with E-state index in [9.17, 15) is 0 Å². The largest absolute Gasteiger partial charge is 0.309 e. The maximum atomic E-state index is 2.43. The summed E-state index contributed by atoms with van der Waals surface area (Å²) >= 11 is 0. The van der Waals surface area contributed by atoms with Gasteiger partial charge in [-0.3, -0.25) is 0 Å². The van der Waals surface area contributed by atoms with Crippen molar-refractivity contribution in [2.75, 3.05) is 0 Å². The minimum absolute atomic E-state index is 1.19. The molecule has 9 aromatic rings. The molecule has 0 amide bonds. The third-order valence-corrected chi connectivity index (χ3v) is 9.44. The summed E-state index contributed by atoms with van der Waals surface area (Å²) in [6.45, 7) is 0. The van der Waals surface area contributed by atoms with Crippen LogP contribution < -0.4 is 0 Å². The summed E-state index contributed by atoms with van der Waals surface area (Å²) in [4.78, 5) is 0. The molecule has 0 aliphatic heterocycles. The minimum Gasteiger partial charge on any atom is -0.309 e. The number of hydrogen-bond donors (Lipinski definition) is 0. The fourth-order valence-corrected chi connectivity index (χ4v) is 7.38. The van der Waals surface area contributed by atoms with E-state index in [1.54, 1.807) is 0 Å². The van der Waals surface area contributed by atoms with Crippen LogP contribution in [0.25, 0.3) is 93.2 Å². The summed E-state index contributed by atoms with van der Waals surface area (Å²) in [5.74, 6) is 0. The van der Waals surface area contributed by atoms with E-state index in [1.807, 2.05) is 0 Å². The minimum atomic E-state index is 1.19. The summed E-state index contributed by atoms with van der Waals surface area (Å²) in [6.07, 6.45) is 0. The van der Waals surface area contributed by atoms with Crippen molar-refractivity contribution in [2.45, 2.75) is 0 Å². The molecule has 1 aromatic heterocycles. The predicted octanol–water partition coefficient (Wildman–Crippen LogP) is 11.6. The lowest BCUT2D eigenvalue weighted by Crippen LogP contribution is -2.00. The van der Waals surface area contributed by atoms with Gasteiger partial charge in [0.05, 0.1) is 11.0 Å². The number of fused-ring (bicyclic) bond motifs is 11. The monoisotopic (exact) mass is 543 g/mol. The first-order valence-electron chi connectivity index (χ1n) is 14.9. The second-order valence-electron chi connectivity index (χ2n) is 11.8. The van der Waals surface area contributed by atoms with Crippen LogP contribution in [0.2, 0.25) is 0 Å². The van der Waals surface area contributed by atoms with E-state index in [-0.39, 0.29) is 0 Å². The molecular weight excluding hydrogens is 518 g/mol. The fraction of sp³-hybridized carbons (Fsp3) is 0. The van der Waals surface area contributed by atoms with Crippen molar-refractivity contribution in [2.24, 2.45) is 0 Å². The zero-order chi connectivity index (χ0) is 28.1. The lowest BCUT2D eigenvalue weighted by Gasteiger charge is -2.26. The molecule has 0 N–H and O–H groups in total. The first-order chi connectivity index (χ1) is 21.3. The van der Waals surface area contributed by atoms with E-state index in [1.165, 1.54) is 93.2 Å². The summed E-state index contributed by atoms with van der Waals surface area (Å²) < 4.78 is 2.43. The second kappa shape index (κ2) is 8.44. The highest BCUT2D eigenvalue weighted by Crippen LogP contribution is 2.50. The molecule has 0 unspecified atom stereocenters. The Hall–Kier alpha value is -5.66. The summed E-state index contributed by atoms with van der Waals surface area (Å²) in [6, 6.07) is 56.0. The predicted molar refractivity (Wildman–Crippen MR) is 183 cm³/mol. The third kappa shape index (κ3) is 3.22. The van der Waals surface area contributed by atoms with Crippen LogP contribution in [0.4, 0.5) is 0 Å². The average Bonchev–Trinajstić information content (AvgIpc) is 3.41. The van der Waals surface area contributed by atoms with Gasteiger partial charge in [0.1, 0.15) is 0 Å². The van der Waals surface area contributed by atoms with Gasteiger partial charge in [-0.15, -0.1) is 0 Å². The third-order valence-electron chi connectivity index (χ3n) is 9.44. The number of aromatic nitrogens is 1. The van der Waals surface area contributed by atoms with Crippen LogP contribution in [0.3, 0.4) is 0 Å². The molecule has 0 saturated carbocycles. The molecule has 0 atom stereocenters. The molecule has 1 heterocycles. The highest BCUT2D eigenvalue weighted by atomic mass is 15.0. The maximum Gasteiger partial charge on any atom is 0.0547 e. The van der Waals surface area contributed by atoms with E-state index in [2.05, 4.69) is 156 Å². The fourth-order valence-electron chi connectivity index (χ4n) is 7.38. The zero-order valence-corrected chi connectivity index (χ0v) is 23.4. The molecule has 0 bridgehead atoms. The number of benzene rings is 8. The Balaban J connectivity index is 1.13. The molecular formula is C42H25N. The Bertz CT molecular complexity index is 2600. The van der Waals surface area contributed by atoms with Crippen LogP contribution in [-0.4, -0.2) is 4.57 Å². The van der Waals surface area contributed by atoms with Gasteiger partial charge in [0, 0.05) is 16.5 Å². The van der Waals surface area contributed by atoms with Crippen molar-refractivity contribution in [3.8, 4) is 39.1 Å². The van der Waals surface area contributed by atoms with E-state index in [4.69, 9.17) is 0 Å². The second-order valence-corrected chi connectivity index (χ2v) is 11.8. The molecule has 0 spiro atoms. The van der Waals surface area contributed by atoms with E-state index < -0.39 is 0 Å². The van der Waals surface area contributed by atoms with Crippen LogP contribution in [0, 0.1) is 0 Å². The highest BCUT2D eigenvalue weighted by molar-refractivity contribution is 6.21. The Morgan fingerprint density at radius 1 is 0.326 bits per heavy atom. The summed E-state index contributed by atoms with van der Waals surface area (Å²) in [5, 5.41) is 10.3. The molecule has 1 aliphatic carbocycles. The van der Waals surface area contributed by atoms with Gasteiger partial charge in [-0.05, 0) is 120 Å². The molecule has 0 radical (unpaired) electrons. The van der Waals surface area contributed by atoms with Crippen LogP contribution >= 0.6 is 0 Å². The molecule has 43 heavy (non-hydrogen) atoms. The topological polar surface area (TPSA) is 4.93 Å². The number of para-hydroxylation sites is 1. The maximum absolute atomic E-state index is 2.43. The smallest absolute Gasteiger partial charge is 0.0547 e. The quantitative estimate of drug-likeness (QED) is 0.204. The van der Waals surface area contributed by atoms with E-state index in [0.29, 0.717) is 0 Å². The van der Waals surface area contributed by atoms with Gasteiger partial charge >= 0.3 is 0 Å². The Labute approximate surface area is 248 Å². The SMILES string of the molecule is c1ccc(-c2ccc3cc4c(cc3c2)-c2cc3ccc(-n5c6ccccc6c6c7ccccc7ccc65)cc3cc2-4)cc1. The first-order valence-corrected chi connectivity index (χ1v) is 14.9. The van der Waals surface area contributed by atoms with E-state index in [0.717, 1.165) is 0 Å². The van der Waals surface area contributed by atoms with Crippen molar-refractivity contribution in [1.29, 1.82) is 0 Å². The first kappa shape index (κ1) is 23.0. The zero-order valence-electron chi connectivity index (χ0n) is 23.4. The van der Waals surface area contributed by atoms with Crippen LogP contribution in [0.1, 0.15) is 0 Å². The number of nitrogens with zero attached hydrogens (tertiary/aromatic N) is 1. The highest BCUT2D eigenvalue weighted by Gasteiger charge is 2.24. The lowest BCUT2D eigenvalue weighted by molar-refractivity contribution is 1.19. The van der Waals surface area contributed by atoms with Gasteiger partial charge in [0.2, 0.25) is 0 Å². The van der Waals surface area contributed by atoms with Crippen LogP contribution in [0.5, 0.6) is 0 Å². The normalized spacial score (nSPS) is 12.2. The molecule has 1 aliphatic rings. The molecule has 0 saturated heterocycles. The van der Waals surface area contributed by atoms with Crippen molar-refractivity contribution < 1.29 is 0 Å². The van der Waals surface area contributed by atoms with Crippen LogP contribution in [-0.2, 0) is 0 Å². The average molecular weight is 544 g/mol. The van der Waals surface area contributed by atoms with Gasteiger partial charge in [0.15, 0.2) is 0 Å². The van der Waals surface area contributed by atoms with Crippen molar-refractivity contribution in [3.05, 3.63) is 152 Å². The summed E-state index contributed by atoms with van der Waals surface area (Å²) in [5.41, 5.74) is 11.6. The molecule has 1 heteroatoms. The Morgan fingerprint density at radius 2 is 0.930 bits per heavy atom.